The third-order valence-corrected chi connectivity index (χ3v) is 16.0. The minimum atomic E-state index is -1.67. The standard InChI is InChI=1S/C86H148N8O27/c1-77(2,3)113-68(101)50-91(51-69(102)114-78(4,5)6)59(74(107)119-83(19,20)21)34-28-31-43-87-62(95)40-47-110-56-86(90-65(98)39-46-94-66(99)37-38-67(94)100,57-111-48-41-63(96)88-44-32-29-35-60(75(108)120-84(22,23)24)92(52-70(103)115-79(7,8)9)53-71(104)116-80(10,11)12)58-112-49-42-64(97)89-45-33-30-36-61(76(109)121-85(25,26)27)93(54-72(105)117-81(13,14)15)55-73(106)118-82(16,17)18/h37-38,59-61H,28-36,39-58H2,1-27H3,(H,87,95)(H,88,96)(H,89,97)(H,90,98). The molecule has 3 unspecified atom stereocenters. The molecular weight excluding hydrogens is 1580 g/mol. The smallest absolute Gasteiger partial charge is 0.323 e. The van der Waals surface area contributed by atoms with Crippen LogP contribution in [0.1, 0.15) is 270 Å². The van der Waals surface area contributed by atoms with Crippen molar-refractivity contribution in [2.45, 2.75) is 344 Å². The van der Waals surface area contributed by atoms with Gasteiger partial charge in [0.1, 0.15) is 74.1 Å². The predicted molar refractivity (Wildman–Crippen MR) is 447 cm³/mol. The molecule has 1 aliphatic rings. The van der Waals surface area contributed by atoms with Crippen molar-refractivity contribution in [1.29, 1.82) is 0 Å². The van der Waals surface area contributed by atoms with Crippen molar-refractivity contribution < 1.29 is 129 Å². The molecule has 0 saturated heterocycles. The van der Waals surface area contributed by atoms with Crippen LogP contribution in [-0.2, 0) is 129 Å². The van der Waals surface area contributed by atoms with E-state index in [-0.39, 0.29) is 84.5 Å². The maximum Gasteiger partial charge on any atom is 0.323 e. The zero-order chi connectivity index (χ0) is 92.9. The number of nitrogens with one attached hydrogen (secondary N) is 4. The van der Waals surface area contributed by atoms with Gasteiger partial charge in [0.15, 0.2) is 0 Å². The summed E-state index contributed by atoms with van der Waals surface area (Å²) in [5, 5.41) is 11.4. The number of rotatable bonds is 52. The summed E-state index contributed by atoms with van der Waals surface area (Å²) in [4.78, 5) is 206. The first kappa shape index (κ1) is 111. The van der Waals surface area contributed by atoms with Crippen LogP contribution in [0.2, 0.25) is 0 Å². The number of imide groups is 1. The Morgan fingerprint density at radius 3 is 0.727 bits per heavy atom. The second-order valence-electron chi connectivity index (χ2n) is 39.1. The average molecular weight is 1730 g/mol. The molecule has 0 aromatic heterocycles. The molecule has 0 aromatic carbocycles. The van der Waals surface area contributed by atoms with E-state index in [0.717, 1.165) is 17.1 Å². The Balaban J connectivity index is 3.65. The number of ether oxygens (including phenoxy) is 12. The number of carbonyl (C=O) groups is 15. The Kier molecular flexibility index (Phi) is 46.2. The van der Waals surface area contributed by atoms with Crippen LogP contribution in [0.15, 0.2) is 12.2 Å². The van der Waals surface area contributed by atoms with Crippen LogP contribution >= 0.6 is 0 Å². The van der Waals surface area contributed by atoms with Crippen molar-refractivity contribution in [2.24, 2.45) is 0 Å². The van der Waals surface area contributed by atoms with Gasteiger partial charge in [0.2, 0.25) is 23.6 Å². The van der Waals surface area contributed by atoms with Crippen LogP contribution in [-0.4, -0.2) is 288 Å². The first-order chi connectivity index (χ1) is 55.2. The fourth-order valence-corrected chi connectivity index (χ4v) is 11.6. The molecule has 0 aromatic rings. The lowest BCUT2D eigenvalue weighted by Gasteiger charge is -2.34. The van der Waals surface area contributed by atoms with Crippen LogP contribution in [0, 0.1) is 0 Å². The monoisotopic (exact) mass is 1730 g/mol. The predicted octanol–water partition coefficient (Wildman–Crippen LogP) is 7.32. The van der Waals surface area contributed by atoms with Crippen molar-refractivity contribution in [1.82, 2.24) is 40.9 Å². The van der Waals surface area contributed by atoms with E-state index in [1.165, 1.54) is 14.7 Å². The quantitative estimate of drug-likeness (QED) is 0.0200. The Morgan fingerprint density at radius 2 is 0.521 bits per heavy atom. The first-order valence-corrected chi connectivity index (χ1v) is 41.8. The number of hydrogen-bond donors (Lipinski definition) is 4. The second-order valence-corrected chi connectivity index (χ2v) is 39.1. The van der Waals surface area contributed by atoms with Gasteiger partial charge in [-0.2, -0.15) is 0 Å². The molecule has 694 valence electrons. The van der Waals surface area contributed by atoms with E-state index in [0.29, 0.717) is 38.5 Å². The molecule has 0 saturated carbocycles. The summed E-state index contributed by atoms with van der Waals surface area (Å²) in [6.07, 6.45) is 3.18. The molecule has 0 radical (unpaired) electrons. The van der Waals surface area contributed by atoms with Crippen molar-refractivity contribution in [3.05, 3.63) is 12.2 Å². The number of hydrogen-bond acceptors (Lipinski definition) is 30. The molecule has 35 heteroatoms. The third kappa shape index (κ3) is 55.5. The molecule has 6 amide bonds. The maximum atomic E-state index is 14.1. The van der Waals surface area contributed by atoms with Gasteiger partial charge in [-0.05, 0) is 245 Å². The molecule has 4 N–H and O–H groups in total. The SMILES string of the molecule is CC(C)(C)OC(=O)CN(CC(=O)OC(C)(C)C)C(CCCCNC(=O)CCOCC(COCCC(=O)NCCCCC(C(=O)OC(C)(C)C)N(CC(=O)OC(C)(C)C)CC(=O)OC(C)(C)C)(COCCC(=O)NCCCCC(C(=O)OC(C)(C)C)N(CC(=O)OC(C)(C)C)CC(=O)OC(C)(C)C)NC(=O)CCN1C(=O)C=CC1=O)C(=O)OC(C)(C)C. The Hall–Kier alpha value is -8.25. The number of nitrogens with zero attached hydrogens (tertiary/aromatic N) is 4. The zero-order valence-corrected chi connectivity index (χ0v) is 77.7. The highest BCUT2D eigenvalue weighted by molar-refractivity contribution is 6.13. The lowest BCUT2D eigenvalue weighted by molar-refractivity contribution is -0.171. The number of esters is 9. The summed E-state index contributed by atoms with van der Waals surface area (Å²) in [6.45, 7) is 40.8. The van der Waals surface area contributed by atoms with E-state index < -0.39 is 229 Å². The molecule has 0 aliphatic carbocycles. The van der Waals surface area contributed by atoms with Crippen LogP contribution in [0.25, 0.3) is 0 Å². The molecule has 0 fully saturated rings. The van der Waals surface area contributed by atoms with Gasteiger partial charge >= 0.3 is 53.7 Å². The number of unbranched alkanes of at least 4 members (excludes halogenated alkanes) is 3. The van der Waals surface area contributed by atoms with Gasteiger partial charge < -0.3 is 78.1 Å². The van der Waals surface area contributed by atoms with E-state index in [1.807, 2.05) is 0 Å². The fourth-order valence-electron chi connectivity index (χ4n) is 11.6. The largest absolute Gasteiger partial charge is 0.459 e. The molecule has 1 aliphatic heterocycles. The summed E-state index contributed by atoms with van der Waals surface area (Å²) in [5.74, 6) is -9.60. The van der Waals surface area contributed by atoms with Crippen LogP contribution < -0.4 is 21.3 Å². The highest BCUT2D eigenvalue weighted by atomic mass is 16.6. The van der Waals surface area contributed by atoms with E-state index in [9.17, 15) is 71.9 Å². The second kappa shape index (κ2) is 50.5. The van der Waals surface area contributed by atoms with Gasteiger partial charge in [0, 0.05) is 64.0 Å². The molecular formula is C86H148N8O27. The Bertz CT molecular complexity index is 3010. The van der Waals surface area contributed by atoms with Gasteiger partial charge in [0.25, 0.3) is 11.8 Å². The highest BCUT2D eigenvalue weighted by Crippen LogP contribution is 2.24. The summed E-state index contributed by atoms with van der Waals surface area (Å²) < 4.78 is 69.2. The van der Waals surface area contributed by atoms with E-state index in [1.54, 1.807) is 187 Å². The lowest BCUT2D eigenvalue weighted by Crippen LogP contribution is -2.59. The Morgan fingerprint density at radius 1 is 0.306 bits per heavy atom. The topological polar surface area (TPSA) is 428 Å². The molecule has 0 spiro atoms. The molecule has 35 nitrogen and oxygen atoms in total. The van der Waals surface area contributed by atoms with Crippen molar-refractivity contribution in [3.63, 3.8) is 0 Å². The van der Waals surface area contributed by atoms with E-state index in [4.69, 9.17) is 56.8 Å². The Labute approximate surface area is 717 Å². The number of carbonyl (C=O) groups excluding carboxylic acids is 15. The summed E-state index contributed by atoms with van der Waals surface area (Å²) in [5.41, 5.74) is -9.80. The van der Waals surface area contributed by atoms with Gasteiger partial charge in [0.05, 0.1) is 78.9 Å². The van der Waals surface area contributed by atoms with Crippen LogP contribution in [0.5, 0.6) is 0 Å². The van der Waals surface area contributed by atoms with Crippen molar-refractivity contribution in [2.75, 3.05) is 105 Å². The summed E-state index contributed by atoms with van der Waals surface area (Å²) in [7, 11) is 0. The fraction of sp³-hybridized carbons (Fsp3) is 0.802. The average Bonchev–Trinajstić information content (AvgIpc) is 1.41. The zero-order valence-electron chi connectivity index (χ0n) is 77.7. The molecule has 1 rings (SSSR count). The summed E-state index contributed by atoms with van der Waals surface area (Å²) in [6, 6.07) is -3.34. The first-order valence-electron chi connectivity index (χ1n) is 41.8. The van der Waals surface area contributed by atoms with E-state index >= 15 is 0 Å². The third-order valence-electron chi connectivity index (χ3n) is 16.0. The molecule has 121 heavy (non-hydrogen) atoms. The number of amides is 6. The van der Waals surface area contributed by atoms with Gasteiger partial charge in [-0.15, -0.1) is 0 Å². The minimum Gasteiger partial charge on any atom is -0.459 e. The van der Waals surface area contributed by atoms with Gasteiger partial charge in [-0.25, -0.2) is 0 Å². The van der Waals surface area contributed by atoms with Crippen LogP contribution in [0.3, 0.4) is 0 Å². The highest BCUT2D eigenvalue weighted by Gasteiger charge is 2.41. The molecule has 3 atom stereocenters. The van der Waals surface area contributed by atoms with Gasteiger partial charge in [-0.3, -0.25) is 91.5 Å². The van der Waals surface area contributed by atoms with E-state index in [2.05, 4.69) is 21.3 Å². The maximum absolute atomic E-state index is 14.1. The molecule has 1 heterocycles. The summed E-state index contributed by atoms with van der Waals surface area (Å²) >= 11 is 0. The van der Waals surface area contributed by atoms with Crippen LogP contribution in [0.4, 0.5) is 0 Å². The van der Waals surface area contributed by atoms with Crippen molar-refractivity contribution >= 4 is 89.2 Å². The normalized spacial score (nSPS) is 14.4. The van der Waals surface area contributed by atoms with Gasteiger partial charge in [-0.1, -0.05) is 0 Å². The minimum absolute atomic E-state index is 0.0917. The molecule has 0 bridgehead atoms. The lowest BCUT2D eigenvalue weighted by atomic mass is 10.0. The van der Waals surface area contributed by atoms with Crippen molar-refractivity contribution in [3.8, 4) is 0 Å².